The van der Waals surface area contributed by atoms with E-state index in [0.29, 0.717) is 0 Å². The van der Waals surface area contributed by atoms with Gasteiger partial charge >= 0.3 is 0 Å². The van der Waals surface area contributed by atoms with E-state index >= 15 is 0 Å². The van der Waals surface area contributed by atoms with Gasteiger partial charge < -0.3 is 4.90 Å². The molecule has 0 N–H and O–H groups in total. The van der Waals surface area contributed by atoms with Gasteiger partial charge in [0.2, 0.25) is 0 Å². The van der Waals surface area contributed by atoms with Crippen LogP contribution in [-0.4, -0.2) is 4.98 Å². The maximum absolute atomic E-state index is 4.61. The number of hydrogen-bond donors (Lipinski definition) is 0. The van der Waals surface area contributed by atoms with Crippen molar-refractivity contribution in [3.8, 4) is 33.5 Å². The summed E-state index contributed by atoms with van der Waals surface area (Å²) >= 11 is 1.86. The number of aromatic nitrogens is 1. The molecule has 2 nitrogen and oxygen atoms in total. The third-order valence-corrected chi connectivity index (χ3v) is 10.9. The number of para-hydroxylation sites is 2. The summed E-state index contributed by atoms with van der Waals surface area (Å²) in [4.78, 5) is 6.95. The molecule has 1 aliphatic carbocycles. The maximum Gasteiger partial charge on any atom is 0.0702 e. The van der Waals surface area contributed by atoms with Gasteiger partial charge in [-0.1, -0.05) is 86.6 Å². The van der Waals surface area contributed by atoms with E-state index < -0.39 is 0 Å². The highest BCUT2D eigenvalue weighted by atomic mass is 32.1. The van der Waals surface area contributed by atoms with Crippen molar-refractivity contribution in [2.24, 2.45) is 0 Å². The van der Waals surface area contributed by atoms with Crippen molar-refractivity contribution in [1.29, 1.82) is 0 Å². The molecule has 9 rings (SSSR count). The van der Waals surface area contributed by atoms with E-state index in [1.165, 1.54) is 53.6 Å². The van der Waals surface area contributed by atoms with Crippen molar-refractivity contribution in [3.63, 3.8) is 0 Å². The molecule has 8 aromatic rings. The summed E-state index contributed by atoms with van der Waals surface area (Å²) in [6.07, 6.45) is 1.87. The van der Waals surface area contributed by atoms with Gasteiger partial charge in [-0.2, -0.15) is 0 Å². The largest absolute Gasteiger partial charge is 0.310 e. The number of rotatable bonds is 5. The molecule has 0 atom stereocenters. The lowest BCUT2D eigenvalue weighted by atomic mass is 9.81. The molecule has 47 heavy (non-hydrogen) atoms. The molecule has 0 unspecified atom stereocenters. The van der Waals surface area contributed by atoms with Crippen LogP contribution in [0.4, 0.5) is 17.1 Å². The minimum atomic E-state index is -0.113. The average Bonchev–Trinajstić information content (AvgIpc) is 3.60. The first-order valence-corrected chi connectivity index (χ1v) is 16.9. The number of nitrogens with zero attached hydrogens (tertiary/aromatic N) is 2. The molecule has 0 spiro atoms. The molecule has 2 aromatic heterocycles. The summed E-state index contributed by atoms with van der Waals surface area (Å²) in [5.74, 6) is 0. The molecule has 0 radical (unpaired) electrons. The topological polar surface area (TPSA) is 16.1 Å². The Morgan fingerprint density at radius 2 is 1.04 bits per heavy atom. The van der Waals surface area contributed by atoms with Crippen LogP contribution in [0.1, 0.15) is 25.0 Å². The van der Waals surface area contributed by atoms with Crippen LogP contribution in [0.15, 0.2) is 158 Å². The third kappa shape index (κ3) is 4.58. The Bertz CT molecular complexity index is 2390. The fourth-order valence-corrected chi connectivity index (χ4v) is 8.36. The summed E-state index contributed by atoms with van der Waals surface area (Å²) in [6.45, 7) is 4.71. The van der Waals surface area contributed by atoms with Gasteiger partial charge in [0.25, 0.3) is 0 Å². The van der Waals surface area contributed by atoms with Crippen molar-refractivity contribution in [2.75, 3.05) is 4.90 Å². The van der Waals surface area contributed by atoms with Crippen LogP contribution < -0.4 is 4.90 Å². The second-order valence-corrected chi connectivity index (χ2v) is 13.9. The molecular weight excluding hydrogens is 589 g/mol. The number of pyridine rings is 1. The van der Waals surface area contributed by atoms with Crippen molar-refractivity contribution in [2.45, 2.75) is 19.3 Å². The SMILES string of the molecule is CC1(C)c2cc(-c3ccc4sc5ccc(N(c6ccccc6)c6ccccc6)cc5c4c3)ccc2-c2ccc(-c3ccccn3)cc21. The predicted molar refractivity (Wildman–Crippen MR) is 200 cm³/mol. The highest BCUT2D eigenvalue weighted by Crippen LogP contribution is 2.51. The zero-order valence-electron chi connectivity index (χ0n) is 26.3. The van der Waals surface area contributed by atoms with E-state index in [0.717, 1.165) is 28.3 Å². The van der Waals surface area contributed by atoms with E-state index in [1.54, 1.807) is 0 Å². The van der Waals surface area contributed by atoms with Crippen molar-refractivity contribution < 1.29 is 0 Å². The average molecular weight is 621 g/mol. The lowest BCUT2D eigenvalue weighted by Gasteiger charge is -2.25. The van der Waals surface area contributed by atoms with Crippen LogP contribution in [0.25, 0.3) is 53.7 Å². The first-order valence-electron chi connectivity index (χ1n) is 16.1. The quantitative estimate of drug-likeness (QED) is 0.190. The standard InChI is InChI=1S/C44H32N2S/c1-44(2)39-26-30(16-20-35(39)36-21-17-31(27-40(36)44)41-15-9-10-24-45-41)29-18-22-42-37(25-29)38-28-34(19-23-43(38)47-42)46(32-11-5-3-6-12-32)33-13-7-4-8-14-33/h3-28H,1-2H3. The van der Waals surface area contributed by atoms with E-state index in [1.807, 2.05) is 23.6 Å². The maximum atomic E-state index is 4.61. The van der Waals surface area contributed by atoms with Crippen LogP contribution in [-0.2, 0) is 5.41 Å². The van der Waals surface area contributed by atoms with Crippen LogP contribution in [0.2, 0.25) is 0 Å². The van der Waals surface area contributed by atoms with Gasteiger partial charge in [0.05, 0.1) is 5.69 Å². The number of anilines is 3. The highest BCUT2D eigenvalue weighted by Gasteiger charge is 2.36. The number of hydrogen-bond acceptors (Lipinski definition) is 3. The fourth-order valence-electron chi connectivity index (χ4n) is 7.30. The molecule has 3 heteroatoms. The van der Waals surface area contributed by atoms with Gasteiger partial charge in [-0.25, -0.2) is 0 Å². The molecule has 0 saturated carbocycles. The Morgan fingerprint density at radius 1 is 0.489 bits per heavy atom. The molecule has 1 aliphatic rings. The fraction of sp³-hybridized carbons (Fsp3) is 0.0682. The molecule has 0 bridgehead atoms. The Hall–Kier alpha value is -5.51. The van der Waals surface area contributed by atoms with Crippen LogP contribution >= 0.6 is 11.3 Å². The Balaban J connectivity index is 1.13. The van der Waals surface area contributed by atoms with E-state index in [4.69, 9.17) is 0 Å². The van der Waals surface area contributed by atoms with Gasteiger partial charge in [-0.3, -0.25) is 4.98 Å². The van der Waals surface area contributed by atoms with Gasteiger partial charge in [0.1, 0.15) is 0 Å². The Labute approximate surface area is 279 Å². The first-order chi connectivity index (χ1) is 23.0. The Morgan fingerprint density at radius 3 is 1.70 bits per heavy atom. The zero-order chi connectivity index (χ0) is 31.5. The second-order valence-electron chi connectivity index (χ2n) is 12.9. The van der Waals surface area contributed by atoms with Gasteiger partial charge in [0.15, 0.2) is 0 Å². The molecule has 6 aromatic carbocycles. The smallest absolute Gasteiger partial charge is 0.0702 e. The monoisotopic (exact) mass is 620 g/mol. The van der Waals surface area contributed by atoms with Gasteiger partial charge in [-0.05, 0) is 112 Å². The van der Waals surface area contributed by atoms with Crippen molar-refractivity contribution in [1.82, 2.24) is 4.98 Å². The molecular formula is C44H32N2S. The molecule has 0 aliphatic heterocycles. The molecule has 2 heterocycles. The third-order valence-electron chi connectivity index (χ3n) is 9.71. The Kier molecular flexibility index (Phi) is 6.38. The van der Waals surface area contributed by atoms with Crippen LogP contribution in [0.3, 0.4) is 0 Å². The minimum Gasteiger partial charge on any atom is -0.310 e. The summed E-state index contributed by atoms with van der Waals surface area (Å²) in [7, 11) is 0. The summed E-state index contributed by atoms with van der Waals surface area (Å²) < 4.78 is 2.61. The number of thiophene rings is 1. The first kappa shape index (κ1) is 27.8. The molecule has 0 fully saturated rings. The van der Waals surface area contributed by atoms with E-state index in [-0.39, 0.29) is 5.41 Å². The lowest BCUT2D eigenvalue weighted by molar-refractivity contribution is 0.661. The van der Waals surface area contributed by atoms with Crippen molar-refractivity contribution >= 4 is 48.6 Å². The summed E-state index contributed by atoms with van der Waals surface area (Å²) in [5, 5.41) is 2.59. The molecule has 0 saturated heterocycles. The van der Waals surface area contributed by atoms with Gasteiger partial charge in [0, 0.05) is 54.4 Å². The molecule has 0 amide bonds. The second kappa shape index (κ2) is 10.8. The summed E-state index contributed by atoms with van der Waals surface area (Å²) in [5.41, 5.74) is 13.4. The van der Waals surface area contributed by atoms with Crippen molar-refractivity contribution in [3.05, 3.63) is 169 Å². The van der Waals surface area contributed by atoms with Gasteiger partial charge in [-0.15, -0.1) is 11.3 Å². The van der Waals surface area contributed by atoms with E-state index in [2.05, 4.69) is 169 Å². The number of fused-ring (bicyclic) bond motifs is 6. The lowest BCUT2D eigenvalue weighted by Crippen LogP contribution is -2.15. The highest BCUT2D eigenvalue weighted by molar-refractivity contribution is 7.25. The normalized spacial score (nSPS) is 13.1. The van der Waals surface area contributed by atoms with E-state index in [9.17, 15) is 0 Å². The minimum absolute atomic E-state index is 0.113. The predicted octanol–water partition coefficient (Wildman–Crippen LogP) is 12.6. The van der Waals surface area contributed by atoms with Crippen LogP contribution in [0, 0.1) is 0 Å². The zero-order valence-corrected chi connectivity index (χ0v) is 27.1. The summed E-state index contributed by atoms with van der Waals surface area (Å²) in [6, 6.07) is 55.1. The number of benzene rings is 6. The molecule has 224 valence electrons. The van der Waals surface area contributed by atoms with Crippen LogP contribution in [0.5, 0.6) is 0 Å².